The molecule has 21 heavy (non-hydrogen) atoms. The summed E-state index contributed by atoms with van der Waals surface area (Å²) in [6, 6.07) is 5.91. The minimum Gasteiger partial charge on any atom is -0.481 e. The Morgan fingerprint density at radius 1 is 1.38 bits per heavy atom. The zero-order valence-electron chi connectivity index (χ0n) is 10.8. The van der Waals surface area contributed by atoms with Crippen LogP contribution in [-0.4, -0.2) is 38.2 Å². The minimum absolute atomic E-state index is 0.411. The second-order valence-electron chi connectivity index (χ2n) is 4.11. The number of hydrogen-bond acceptors (Lipinski definition) is 6. The van der Waals surface area contributed by atoms with Crippen molar-refractivity contribution in [3.63, 3.8) is 0 Å². The third-order valence-electron chi connectivity index (χ3n) is 2.46. The molecule has 110 valence electrons. The van der Waals surface area contributed by atoms with Gasteiger partial charge >= 0.3 is 5.97 Å². The molecule has 0 aliphatic heterocycles. The summed E-state index contributed by atoms with van der Waals surface area (Å²) in [6.45, 7) is 0. The zero-order valence-corrected chi connectivity index (χ0v) is 11.6. The van der Waals surface area contributed by atoms with Gasteiger partial charge in [-0.3, -0.25) is 14.7 Å². The fourth-order valence-corrected chi connectivity index (χ4v) is 2.17. The molecular formula is C12H13N5O3S. The molecule has 8 nitrogen and oxygen atoms in total. The van der Waals surface area contributed by atoms with Gasteiger partial charge in [0.1, 0.15) is 6.33 Å². The SMILES string of the molecule is NC(CC(=O)O)C(=O)Nc1ccc(Sc2ncn[nH]2)cc1. The molecule has 0 spiro atoms. The topological polar surface area (TPSA) is 134 Å². The van der Waals surface area contributed by atoms with E-state index < -0.39 is 24.3 Å². The van der Waals surface area contributed by atoms with Crippen LogP contribution in [0.1, 0.15) is 6.42 Å². The lowest BCUT2D eigenvalue weighted by Gasteiger charge is -2.10. The Balaban J connectivity index is 1.93. The quantitative estimate of drug-likeness (QED) is 0.617. The van der Waals surface area contributed by atoms with Crippen molar-refractivity contribution in [3.8, 4) is 0 Å². The Bertz CT molecular complexity index is 614. The van der Waals surface area contributed by atoms with Gasteiger partial charge < -0.3 is 16.2 Å². The van der Waals surface area contributed by atoms with E-state index in [1.807, 2.05) is 0 Å². The van der Waals surface area contributed by atoms with Crippen molar-refractivity contribution >= 4 is 29.3 Å². The summed E-state index contributed by atoms with van der Waals surface area (Å²) in [7, 11) is 0. The van der Waals surface area contributed by atoms with Crippen LogP contribution >= 0.6 is 11.8 Å². The lowest BCUT2D eigenvalue weighted by atomic mass is 10.2. The van der Waals surface area contributed by atoms with Crippen molar-refractivity contribution in [2.24, 2.45) is 5.73 Å². The van der Waals surface area contributed by atoms with E-state index in [2.05, 4.69) is 20.5 Å². The van der Waals surface area contributed by atoms with Crippen LogP contribution in [0.25, 0.3) is 0 Å². The van der Waals surface area contributed by atoms with E-state index in [-0.39, 0.29) is 0 Å². The smallest absolute Gasteiger partial charge is 0.305 e. The number of rotatable bonds is 6. The van der Waals surface area contributed by atoms with E-state index in [4.69, 9.17) is 10.8 Å². The highest BCUT2D eigenvalue weighted by Crippen LogP contribution is 2.25. The van der Waals surface area contributed by atoms with Gasteiger partial charge in [-0.25, -0.2) is 4.98 Å². The molecule has 0 saturated carbocycles. The second-order valence-corrected chi connectivity index (χ2v) is 5.17. The van der Waals surface area contributed by atoms with E-state index in [0.717, 1.165) is 4.90 Å². The van der Waals surface area contributed by atoms with E-state index >= 15 is 0 Å². The highest BCUT2D eigenvalue weighted by molar-refractivity contribution is 7.99. The monoisotopic (exact) mass is 307 g/mol. The Morgan fingerprint density at radius 2 is 2.10 bits per heavy atom. The lowest BCUT2D eigenvalue weighted by Crippen LogP contribution is -2.37. The summed E-state index contributed by atoms with van der Waals surface area (Å²) in [6.07, 6.45) is 1.01. The van der Waals surface area contributed by atoms with Crippen molar-refractivity contribution in [3.05, 3.63) is 30.6 Å². The maximum Gasteiger partial charge on any atom is 0.305 e. The van der Waals surface area contributed by atoms with Gasteiger partial charge in [0, 0.05) is 10.6 Å². The maximum atomic E-state index is 11.7. The first-order valence-corrected chi connectivity index (χ1v) is 6.78. The first-order chi connectivity index (χ1) is 10.0. The van der Waals surface area contributed by atoms with Gasteiger partial charge in [-0.15, -0.1) is 0 Å². The summed E-state index contributed by atoms with van der Waals surface area (Å²) in [5.74, 6) is -1.65. The highest BCUT2D eigenvalue weighted by atomic mass is 32.2. The van der Waals surface area contributed by atoms with Crippen LogP contribution < -0.4 is 11.1 Å². The number of nitrogens with zero attached hydrogens (tertiary/aromatic N) is 2. The summed E-state index contributed by atoms with van der Waals surface area (Å²) in [5.41, 5.74) is 6.01. The van der Waals surface area contributed by atoms with Crippen molar-refractivity contribution < 1.29 is 14.7 Å². The number of aromatic amines is 1. The normalized spacial score (nSPS) is 11.9. The molecule has 1 atom stereocenters. The number of nitrogens with two attached hydrogens (primary N) is 1. The number of hydrogen-bond donors (Lipinski definition) is 4. The molecule has 1 amide bonds. The van der Waals surface area contributed by atoms with Crippen molar-refractivity contribution in [1.29, 1.82) is 0 Å². The molecule has 1 aromatic carbocycles. The first kappa shape index (κ1) is 15.0. The van der Waals surface area contributed by atoms with Crippen LogP contribution in [0.2, 0.25) is 0 Å². The van der Waals surface area contributed by atoms with Gasteiger partial charge in [0.25, 0.3) is 0 Å². The number of carboxylic acid groups (broad SMARTS) is 1. The standard InChI is InChI=1S/C12H13N5O3S/c13-9(5-10(18)19)11(20)16-7-1-3-8(4-2-7)21-12-14-6-15-17-12/h1-4,6,9H,5,13H2,(H,16,20)(H,18,19)(H,14,15,17). The molecule has 0 saturated heterocycles. The van der Waals surface area contributed by atoms with Crippen molar-refractivity contribution in [2.75, 3.05) is 5.32 Å². The van der Waals surface area contributed by atoms with Crippen LogP contribution in [0.15, 0.2) is 40.6 Å². The number of H-pyrrole nitrogens is 1. The van der Waals surface area contributed by atoms with Crippen LogP contribution in [0.4, 0.5) is 5.69 Å². The van der Waals surface area contributed by atoms with Crippen molar-refractivity contribution in [1.82, 2.24) is 15.2 Å². The number of nitrogens with one attached hydrogen (secondary N) is 2. The van der Waals surface area contributed by atoms with Gasteiger partial charge in [0.2, 0.25) is 5.91 Å². The van der Waals surface area contributed by atoms with Gasteiger partial charge in [-0.05, 0) is 24.3 Å². The Hall–Kier alpha value is -2.39. The number of carbonyl (C=O) groups is 2. The minimum atomic E-state index is -1.11. The Kier molecular flexibility index (Phi) is 4.90. The molecule has 0 fully saturated rings. The summed E-state index contributed by atoms with van der Waals surface area (Å²) in [5, 5.41) is 18.3. The number of aliphatic carboxylic acids is 1. The fraction of sp³-hybridized carbons (Fsp3) is 0.167. The highest BCUT2D eigenvalue weighted by Gasteiger charge is 2.16. The molecule has 0 aliphatic carbocycles. The maximum absolute atomic E-state index is 11.7. The third kappa shape index (κ3) is 4.58. The molecule has 1 heterocycles. The van der Waals surface area contributed by atoms with Gasteiger partial charge in [0.15, 0.2) is 5.16 Å². The van der Waals surface area contributed by atoms with Crippen LogP contribution in [0, 0.1) is 0 Å². The largest absolute Gasteiger partial charge is 0.481 e. The van der Waals surface area contributed by atoms with E-state index in [1.165, 1.54) is 18.1 Å². The third-order valence-corrected chi connectivity index (χ3v) is 3.36. The summed E-state index contributed by atoms with van der Waals surface area (Å²) >= 11 is 1.39. The Morgan fingerprint density at radius 3 is 2.67 bits per heavy atom. The molecule has 1 aromatic heterocycles. The van der Waals surface area contributed by atoms with Gasteiger partial charge in [-0.2, -0.15) is 5.10 Å². The van der Waals surface area contributed by atoms with Crippen LogP contribution in [0.3, 0.4) is 0 Å². The van der Waals surface area contributed by atoms with Crippen LogP contribution in [-0.2, 0) is 9.59 Å². The number of carbonyl (C=O) groups excluding carboxylic acids is 1. The number of amides is 1. The predicted octanol–water partition coefficient (Wildman–Crippen LogP) is 0.696. The second kappa shape index (κ2) is 6.86. The average Bonchev–Trinajstić information content (AvgIpc) is 2.93. The van der Waals surface area contributed by atoms with Crippen LogP contribution in [0.5, 0.6) is 0 Å². The first-order valence-electron chi connectivity index (χ1n) is 5.96. The van der Waals surface area contributed by atoms with E-state index in [1.54, 1.807) is 24.3 Å². The van der Waals surface area contributed by atoms with Gasteiger partial charge in [0.05, 0.1) is 12.5 Å². The molecular weight excluding hydrogens is 294 g/mol. The Labute approximate surface area is 124 Å². The number of anilines is 1. The summed E-state index contributed by atoms with van der Waals surface area (Å²) in [4.78, 5) is 27.1. The number of carboxylic acids is 1. The molecule has 0 aliphatic rings. The molecule has 2 aromatic rings. The molecule has 0 bridgehead atoms. The molecule has 2 rings (SSSR count). The van der Waals surface area contributed by atoms with Crippen molar-refractivity contribution in [2.45, 2.75) is 22.5 Å². The molecule has 5 N–H and O–H groups in total. The number of aromatic nitrogens is 3. The van der Waals surface area contributed by atoms with Gasteiger partial charge in [-0.1, -0.05) is 11.8 Å². The average molecular weight is 307 g/mol. The molecule has 0 radical (unpaired) electrons. The van der Waals surface area contributed by atoms with E-state index in [0.29, 0.717) is 10.8 Å². The number of benzene rings is 1. The zero-order chi connectivity index (χ0) is 15.2. The van der Waals surface area contributed by atoms with E-state index in [9.17, 15) is 9.59 Å². The molecule has 9 heteroatoms. The molecule has 1 unspecified atom stereocenters. The fourth-order valence-electron chi connectivity index (χ4n) is 1.48. The lowest BCUT2D eigenvalue weighted by molar-refractivity contribution is -0.138. The predicted molar refractivity (Wildman–Crippen MR) is 75.8 cm³/mol. The summed E-state index contributed by atoms with van der Waals surface area (Å²) < 4.78 is 0.